The van der Waals surface area contributed by atoms with Crippen LogP contribution in [0.3, 0.4) is 0 Å². The summed E-state index contributed by atoms with van der Waals surface area (Å²) in [6.07, 6.45) is 1.78. The molecule has 0 bridgehead atoms. The first kappa shape index (κ1) is 68.5. The highest BCUT2D eigenvalue weighted by Gasteiger charge is 2.32. The molecule has 1 aliphatic heterocycles. The molecule has 2 heterocycles. The van der Waals surface area contributed by atoms with E-state index >= 15 is 0 Å². The molecule has 2 unspecified atom stereocenters. The van der Waals surface area contributed by atoms with Gasteiger partial charge in [-0.1, -0.05) is 30.3 Å². The molecule has 0 radical (unpaired) electrons. The Morgan fingerprint density at radius 3 is 2.02 bits per heavy atom. The number of alkyl carbamates (subject to hydrolysis) is 1. The fourth-order valence-electron chi connectivity index (χ4n) is 8.82. The molecule has 470 valence electrons. The number of nitrogens with one attached hydrogen (secondary N) is 8. The van der Waals surface area contributed by atoms with E-state index in [1.54, 1.807) is 110 Å². The number of carbonyl (C=O) groups is 8. The summed E-state index contributed by atoms with van der Waals surface area (Å²) in [5.74, 6) is -3.54. The molecule has 3 atom stereocenters. The Morgan fingerprint density at radius 1 is 0.744 bits per heavy atom. The molecule has 0 spiro atoms. The van der Waals surface area contributed by atoms with Crippen molar-refractivity contribution in [3.63, 3.8) is 0 Å². The van der Waals surface area contributed by atoms with Gasteiger partial charge in [-0.15, -0.1) is 0 Å². The Hall–Kier alpha value is -8.33. The number of aliphatic imine (C=N–C) groups is 1. The van der Waals surface area contributed by atoms with Gasteiger partial charge in [-0.05, 0) is 135 Å². The molecule has 86 heavy (non-hydrogen) atoms. The minimum absolute atomic E-state index is 0.0148. The number of aryl methyl sites for hydroxylation is 3. The monoisotopic (exact) mass is 1220 g/mol. The maximum absolute atomic E-state index is 13.9. The summed E-state index contributed by atoms with van der Waals surface area (Å²) in [7, 11) is -3.28. The van der Waals surface area contributed by atoms with Crippen LogP contribution >= 0.6 is 0 Å². The molecule has 8 N–H and O–H groups in total. The number of hydrogen-bond acceptors (Lipinski definition) is 19. The number of rotatable bonds is 31. The Morgan fingerprint density at radius 2 is 1.40 bits per heavy atom. The summed E-state index contributed by atoms with van der Waals surface area (Å²) in [5.41, 5.74) is 0.728. The molecule has 5 rings (SSSR count). The van der Waals surface area contributed by atoms with Crippen LogP contribution in [-0.2, 0) is 70.9 Å². The maximum atomic E-state index is 13.9. The highest BCUT2D eigenvalue weighted by molar-refractivity contribution is 7.89. The summed E-state index contributed by atoms with van der Waals surface area (Å²) >= 11 is 0. The van der Waals surface area contributed by atoms with Crippen molar-refractivity contribution in [1.82, 2.24) is 51.7 Å². The number of hydrogen-bond donors (Lipinski definition) is 8. The van der Waals surface area contributed by atoms with Crippen LogP contribution in [0.15, 0.2) is 76.7 Å². The molecule has 1 aliphatic rings. The second kappa shape index (κ2) is 32.8. The van der Waals surface area contributed by atoms with Gasteiger partial charge in [0.15, 0.2) is 5.96 Å². The van der Waals surface area contributed by atoms with Gasteiger partial charge in [0.05, 0.1) is 30.3 Å². The predicted molar refractivity (Wildman–Crippen MR) is 318 cm³/mol. The van der Waals surface area contributed by atoms with Gasteiger partial charge >= 0.3 is 24.0 Å². The van der Waals surface area contributed by atoms with E-state index in [-0.39, 0.29) is 81.2 Å². The van der Waals surface area contributed by atoms with E-state index < -0.39 is 87.6 Å². The van der Waals surface area contributed by atoms with Crippen molar-refractivity contribution in [2.75, 3.05) is 53.0 Å². The molecule has 0 saturated heterocycles. The van der Waals surface area contributed by atoms with Crippen LogP contribution in [0.4, 0.5) is 4.79 Å². The lowest BCUT2D eigenvalue weighted by Crippen LogP contribution is -2.54. The molecule has 3 aromatic carbocycles. The number of esters is 3. The quantitative estimate of drug-likeness (QED) is 0.0202. The number of sulfonamides is 1. The zero-order valence-electron chi connectivity index (χ0n) is 50.5. The maximum Gasteiger partial charge on any atom is 0.408 e. The van der Waals surface area contributed by atoms with Gasteiger partial charge < -0.3 is 60.9 Å². The number of fused-ring (bicyclic) bond motifs is 1. The molecule has 26 nitrogen and oxygen atoms in total. The van der Waals surface area contributed by atoms with Gasteiger partial charge in [-0.2, -0.15) is 9.82 Å². The van der Waals surface area contributed by atoms with Gasteiger partial charge in [-0.25, -0.2) is 13.2 Å². The van der Waals surface area contributed by atoms with E-state index in [0.717, 1.165) is 49.9 Å². The standard InChI is InChI=1S/C59H83N11O15S/c1-38-32-43(33-39(2)51(38)86(79,80)69-46(55(77)81-9)36-65-52(74)41-19-22-47-42(34-41)35-66-70(47)30-15-27-64-56-62-25-14-26-63-56)82-31-13-18-48(71)60-28-29-61-53(75)44(20-23-49(72)84-58(3,4)5)67-54(76)45(21-24-50(73)85-59(6,7)8)68-57(78)83-37-40-16-11-10-12-17-40/h10-12,16-17,19,22,32-35,44-46,69H,13-15,18,20-21,23-31,36-37H2,1-9H3,(H,60,71)(H,61,75)(H,65,74)(H,67,76)(H,68,78)(H2,62,63,64)/t44?,45-,46?/m0/s1. The minimum Gasteiger partial charge on any atom is -0.494 e. The topological polar surface area (TPSA) is 343 Å². The largest absolute Gasteiger partial charge is 0.494 e. The molecule has 27 heteroatoms. The minimum atomic E-state index is -4.38. The van der Waals surface area contributed by atoms with Crippen LogP contribution in [-0.4, -0.2) is 154 Å². The SMILES string of the molecule is COC(=O)C(CNC(=O)c1ccc2c(cnn2CCCNC2=NCCCN2)c1)NS(=O)(=O)c1c(C)cc(OCCCC(=O)NCCNC(=O)C(CCC(=O)OC(C)(C)C)NC(=O)[C@H](CCC(=O)OC(C)(C)C)NC(=O)OCc2ccccc2)cc1C. The average molecular weight is 1220 g/mol. The lowest BCUT2D eigenvalue weighted by atomic mass is 10.1. The fourth-order valence-corrected chi connectivity index (χ4v) is 10.5. The van der Waals surface area contributed by atoms with E-state index in [1.165, 1.54) is 12.1 Å². The van der Waals surface area contributed by atoms with Crippen LogP contribution in [0.25, 0.3) is 10.9 Å². The summed E-state index contributed by atoms with van der Waals surface area (Å²) in [4.78, 5) is 109. The van der Waals surface area contributed by atoms with Gasteiger partial charge in [0.1, 0.15) is 41.7 Å². The first-order chi connectivity index (χ1) is 40.7. The van der Waals surface area contributed by atoms with Crippen molar-refractivity contribution < 1.29 is 70.5 Å². The van der Waals surface area contributed by atoms with Gasteiger partial charge in [0.2, 0.25) is 27.7 Å². The van der Waals surface area contributed by atoms with Crippen molar-refractivity contribution in [2.24, 2.45) is 4.99 Å². The average Bonchev–Trinajstić information content (AvgIpc) is 2.24. The molecule has 4 aromatic rings. The number of methoxy groups -OCH3 is 1. The number of benzene rings is 3. The second-order valence-corrected chi connectivity index (χ2v) is 24.0. The summed E-state index contributed by atoms with van der Waals surface area (Å²) in [6, 6.07) is 12.7. The molecule has 5 amide bonds. The number of nitrogens with zero attached hydrogens (tertiary/aromatic N) is 3. The highest BCUT2D eigenvalue weighted by atomic mass is 32.2. The third-order valence-corrected chi connectivity index (χ3v) is 14.5. The van der Waals surface area contributed by atoms with Gasteiger partial charge in [-0.3, -0.25) is 43.2 Å². The molecular formula is C59H83N11O15S. The van der Waals surface area contributed by atoms with E-state index in [0.29, 0.717) is 35.5 Å². The zero-order valence-corrected chi connectivity index (χ0v) is 51.3. The Bertz CT molecular complexity index is 3120. The van der Waals surface area contributed by atoms with E-state index in [9.17, 15) is 46.8 Å². The lowest BCUT2D eigenvalue weighted by molar-refractivity contribution is -0.156. The van der Waals surface area contributed by atoms with Crippen molar-refractivity contribution in [1.29, 1.82) is 0 Å². The Labute approximate surface area is 501 Å². The highest BCUT2D eigenvalue weighted by Crippen LogP contribution is 2.27. The molecule has 0 fully saturated rings. The van der Waals surface area contributed by atoms with Crippen molar-refractivity contribution in [2.45, 2.75) is 154 Å². The van der Waals surface area contributed by atoms with Crippen molar-refractivity contribution in [3.05, 3.63) is 89.1 Å². The smallest absolute Gasteiger partial charge is 0.408 e. The fraction of sp³-hybridized carbons (Fsp3) is 0.525. The number of ether oxygens (including phenoxy) is 5. The van der Waals surface area contributed by atoms with E-state index in [4.69, 9.17) is 23.7 Å². The first-order valence-corrected chi connectivity index (χ1v) is 30.0. The summed E-state index contributed by atoms with van der Waals surface area (Å²) in [6.45, 7) is 15.6. The summed E-state index contributed by atoms with van der Waals surface area (Å²) in [5, 5.41) is 24.8. The van der Waals surface area contributed by atoms with E-state index in [2.05, 4.69) is 52.0 Å². The molecule has 0 saturated carbocycles. The van der Waals surface area contributed by atoms with Crippen LogP contribution < -0.4 is 46.7 Å². The van der Waals surface area contributed by atoms with Crippen LogP contribution in [0.1, 0.15) is 120 Å². The number of guanidine groups is 1. The number of amides is 5. The van der Waals surface area contributed by atoms with Crippen LogP contribution in [0, 0.1) is 13.8 Å². The number of carbonyl (C=O) groups excluding carboxylic acids is 8. The van der Waals surface area contributed by atoms with Gasteiger partial charge in [0.25, 0.3) is 5.91 Å². The Balaban J connectivity index is 1.09. The van der Waals surface area contributed by atoms with Crippen molar-refractivity contribution in [3.8, 4) is 5.75 Å². The van der Waals surface area contributed by atoms with E-state index in [1.807, 2.05) is 4.68 Å². The zero-order chi connectivity index (χ0) is 63.0. The Kier molecular flexibility index (Phi) is 26.1. The second-order valence-electron chi connectivity index (χ2n) is 22.4. The third kappa shape index (κ3) is 23.6. The molecule has 0 aliphatic carbocycles. The number of aromatic nitrogens is 2. The van der Waals surface area contributed by atoms with Crippen molar-refractivity contribution >= 4 is 74.5 Å². The van der Waals surface area contributed by atoms with Crippen LogP contribution in [0.2, 0.25) is 0 Å². The third-order valence-electron chi connectivity index (χ3n) is 12.7. The van der Waals surface area contributed by atoms with Gasteiger partial charge in [0, 0.05) is 76.0 Å². The molecular weight excluding hydrogens is 1130 g/mol. The summed E-state index contributed by atoms with van der Waals surface area (Å²) < 4.78 is 58.8. The lowest BCUT2D eigenvalue weighted by Gasteiger charge is -2.24. The first-order valence-electron chi connectivity index (χ1n) is 28.6. The van der Waals surface area contributed by atoms with Crippen LogP contribution in [0.5, 0.6) is 5.75 Å². The normalized spacial score (nSPS) is 13.5. The molecule has 1 aromatic heterocycles. The predicted octanol–water partition coefficient (Wildman–Crippen LogP) is 3.65.